The van der Waals surface area contributed by atoms with Gasteiger partial charge in [0.15, 0.2) is 0 Å². The molecule has 100 valence electrons. The fourth-order valence-corrected chi connectivity index (χ4v) is 2.05. The molecule has 1 unspecified atom stereocenters. The third-order valence-corrected chi connectivity index (χ3v) is 2.89. The molecule has 6 nitrogen and oxygen atoms in total. The first kappa shape index (κ1) is 13.5. The van der Waals surface area contributed by atoms with Crippen LogP contribution in [0.25, 0.3) is 0 Å². The van der Waals surface area contributed by atoms with Crippen LogP contribution in [0.2, 0.25) is 5.15 Å². The van der Waals surface area contributed by atoms with Gasteiger partial charge in [0.2, 0.25) is 0 Å². The van der Waals surface area contributed by atoms with Gasteiger partial charge in [-0.1, -0.05) is 16.8 Å². The van der Waals surface area contributed by atoms with Crippen molar-refractivity contribution in [2.75, 3.05) is 0 Å². The predicted octanol–water partition coefficient (Wildman–Crippen LogP) is 2.23. The van der Waals surface area contributed by atoms with Crippen molar-refractivity contribution in [3.8, 4) is 0 Å². The molecule has 2 aromatic rings. The highest BCUT2D eigenvalue weighted by molar-refractivity contribution is 6.29. The average molecular weight is 281 g/mol. The maximum Gasteiger partial charge on any atom is 0.272 e. The molecule has 0 spiro atoms. The van der Waals surface area contributed by atoms with E-state index in [0.29, 0.717) is 5.76 Å². The smallest absolute Gasteiger partial charge is 0.272 e. The standard InChI is InChI=1S/C12H13ClN4O2/c1-6(11-7(2)17-19-8(11)3)15-12(18)9-4-14-5-10(13)16-9/h4-6H,1-3H3,(H,15,18). The van der Waals surface area contributed by atoms with Crippen LogP contribution in [0, 0.1) is 13.8 Å². The van der Waals surface area contributed by atoms with Gasteiger partial charge in [-0.3, -0.25) is 9.78 Å². The summed E-state index contributed by atoms with van der Waals surface area (Å²) in [5.74, 6) is 0.338. The molecule has 19 heavy (non-hydrogen) atoms. The van der Waals surface area contributed by atoms with Crippen LogP contribution >= 0.6 is 11.6 Å². The number of carbonyl (C=O) groups excluding carboxylic acids is 1. The van der Waals surface area contributed by atoms with Gasteiger partial charge in [-0.25, -0.2) is 4.98 Å². The Bertz CT molecular complexity index is 592. The van der Waals surface area contributed by atoms with Gasteiger partial charge < -0.3 is 9.84 Å². The summed E-state index contributed by atoms with van der Waals surface area (Å²) in [5, 5.41) is 6.84. The van der Waals surface area contributed by atoms with Gasteiger partial charge in [0, 0.05) is 5.56 Å². The quantitative estimate of drug-likeness (QED) is 0.932. The molecule has 0 radical (unpaired) electrons. The van der Waals surface area contributed by atoms with Crippen LogP contribution in [-0.2, 0) is 0 Å². The van der Waals surface area contributed by atoms with Crippen LogP contribution in [0.1, 0.15) is 40.5 Å². The van der Waals surface area contributed by atoms with Gasteiger partial charge in [0.1, 0.15) is 16.6 Å². The van der Waals surface area contributed by atoms with Gasteiger partial charge in [-0.15, -0.1) is 0 Å². The van der Waals surface area contributed by atoms with Crippen molar-refractivity contribution in [2.45, 2.75) is 26.8 Å². The fraction of sp³-hybridized carbons (Fsp3) is 0.333. The minimum Gasteiger partial charge on any atom is -0.361 e. The molecule has 7 heteroatoms. The molecule has 1 N–H and O–H groups in total. The summed E-state index contributed by atoms with van der Waals surface area (Å²) >= 11 is 5.70. The maximum absolute atomic E-state index is 12.0. The second-order valence-electron chi connectivity index (χ2n) is 4.16. The summed E-state index contributed by atoms with van der Waals surface area (Å²) < 4.78 is 5.07. The molecule has 1 amide bonds. The molecular formula is C12H13ClN4O2. The molecule has 0 fully saturated rings. The molecule has 0 saturated heterocycles. The number of carbonyl (C=O) groups is 1. The van der Waals surface area contributed by atoms with E-state index in [4.69, 9.17) is 16.1 Å². The molecule has 0 aliphatic heterocycles. The van der Waals surface area contributed by atoms with E-state index in [9.17, 15) is 4.79 Å². The summed E-state index contributed by atoms with van der Waals surface area (Å²) in [4.78, 5) is 19.7. The van der Waals surface area contributed by atoms with Crippen LogP contribution in [0.3, 0.4) is 0 Å². The molecule has 0 aromatic carbocycles. The molecule has 2 aromatic heterocycles. The lowest BCUT2D eigenvalue weighted by Gasteiger charge is -2.13. The first-order valence-corrected chi connectivity index (χ1v) is 6.08. The van der Waals surface area contributed by atoms with Gasteiger partial charge in [0.25, 0.3) is 5.91 Å². The van der Waals surface area contributed by atoms with Gasteiger partial charge in [-0.2, -0.15) is 0 Å². The van der Waals surface area contributed by atoms with Crippen molar-refractivity contribution in [2.24, 2.45) is 0 Å². The minimum atomic E-state index is -0.345. The van der Waals surface area contributed by atoms with Crippen LogP contribution in [0.5, 0.6) is 0 Å². The largest absolute Gasteiger partial charge is 0.361 e. The van der Waals surface area contributed by atoms with Crippen LogP contribution in [0.15, 0.2) is 16.9 Å². The molecule has 2 heterocycles. The van der Waals surface area contributed by atoms with E-state index in [1.165, 1.54) is 12.4 Å². The van der Waals surface area contributed by atoms with Crippen molar-refractivity contribution in [1.29, 1.82) is 0 Å². The molecular weight excluding hydrogens is 268 g/mol. The highest BCUT2D eigenvalue weighted by Crippen LogP contribution is 2.21. The zero-order valence-electron chi connectivity index (χ0n) is 10.8. The molecule has 1 atom stereocenters. The molecule has 0 saturated carbocycles. The first-order valence-electron chi connectivity index (χ1n) is 5.70. The van der Waals surface area contributed by atoms with E-state index in [2.05, 4.69) is 20.4 Å². The van der Waals surface area contributed by atoms with Gasteiger partial charge in [-0.05, 0) is 20.8 Å². The van der Waals surface area contributed by atoms with Crippen molar-refractivity contribution in [3.63, 3.8) is 0 Å². The average Bonchev–Trinajstić information content (AvgIpc) is 2.69. The lowest BCUT2D eigenvalue weighted by Crippen LogP contribution is -2.28. The van der Waals surface area contributed by atoms with Crippen molar-refractivity contribution < 1.29 is 9.32 Å². The molecule has 0 bridgehead atoms. The second-order valence-corrected chi connectivity index (χ2v) is 4.55. The third-order valence-electron chi connectivity index (χ3n) is 2.71. The molecule has 0 aliphatic rings. The third kappa shape index (κ3) is 2.90. The lowest BCUT2D eigenvalue weighted by molar-refractivity contribution is 0.0934. The Kier molecular flexibility index (Phi) is 3.80. The van der Waals surface area contributed by atoms with Crippen LogP contribution in [0.4, 0.5) is 0 Å². The number of aryl methyl sites for hydroxylation is 2. The number of nitrogens with zero attached hydrogens (tertiary/aromatic N) is 3. The normalized spacial score (nSPS) is 12.2. The first-order chi connectivity index (χ1) is 8.99. The zero-order valence-corrected chi connectivity index (χ0v) is 11.5. The Morgan fingerprint density at radius 1 is 1.42 bits per heavy atom. The monoisotopic (exact) mass is 280 g/mol. The van der Waals surface area contributed by atoms with E-state index in [1.54, 1.807) is 6.92 Å². The minimum absolute atomic E-state index is 0.172. The number of aromatic nitrogens is 3. The summed E-state index contributed by atoms with van der Waals surface area (Å²) in [5.41, 5.74) is 1.79. The number of halogens is 1. The summed E-state index contributed by atoms with van der Waals surface area (Å²) in [6, 6.07) is -0.237. The van der Waals surface area contributed by atoms with Crippen molar-refractivity contribution >= 4 is 17.5 Å². The Morgan fingerprint density at radius 2 is 2.16 bits per heavy atom. The Hall–Kier alpha value is -1.95. The number of rotatable bonds is 3. The van der Waals surface area contributed by atoms with E-state index in [-0.39, 0.29) is 22.8 Å². The van der Waals surface area contributed by atoms with E-state index < -0.39 is 0 Å². The summed E-state index contributed by atoms with van der Waals surface area (Å²) in [6.45, 7) is 5.48. The van der Waals surface area contributed by atoms with E-state index >= 15 is 0 Å². The van der Waals surface area contributed by atoms with Crippen LogP contribution in [-0.4, -0.2) is 21.0 Å². The Labute approximate surface area is 115 Å². The van der Waals surface area contributed by atoms with Crippen molar-refractivity contribution in [1.82, 2.24) is 20.4 Å². The zero-order chi connectivity index (χ0) is 14.0. The lowest BCUT2D eigenvalue weighted by atomic mass is 10.1. The van der Waals surface area contributed by atoms with Gasteiger partial charge in [0.05, 0.1) is 24.1 Å². The predicted molar refractivity (Wildman–Crippen MR) is 68.9 cm³/mol. The topological polar surface area (TPSA) is 80.9 Å². The highest BCUT2D eigenvalue weighted by Gasteiger charge is 2.19. The molecule has 0 aliphatic carbocycles. The van der Waals surface area contributed by atoms with E-state index in [1.807, 2.05) is 13.8 Å². The molecule has 2 rings (SSSR count). The number of amides is 1. The maximum atomic E-state index is 12.0. The number of hydrogen-bond acceptors (Lipinski definition) is 5. The van der Waals surface area contributed by atoms with Gasteiger partial charge >= 0.3 is 0 Å². The SMILES string of the molecule is Cc1noc(C)c1C(C)NC(=O)c1cncc(Cl)n1. The highest BCUT2D eigenvalue weighted by atomic mass is 35.5. The summed E-state index contributed by atoms with van der Waals surface area (Å²) in [7, 11) is 0. The van der Waals surface area contributed by atoms with E-state index in [0.717, 1.165) is 11.3 Å². The fourth-order valence-electron chi connectivity index (χ4n) is 1.90. The second kappa shape index (κ2) is 5.36. The summed E-state index contributed by atoms with van der Waals surface area (Å²) in [6.07, 6.45) is 2.73. The number of nitrogens with one attached hydrogen (secondary N) is 1. The number of hydrogen-bond donors (Lipinski definition) is 1. The van der Waals surface area contributed by atoms with Crippen molar-refractivity contribution in [3.05, 3.63) is 40.3 Å². The Morgan fingerprint density at radius 3 is 2.74 bits per heavy atom. The van der Waals surface area contributed by atoms with Crippen LogP contribution < -0.4 is 5.32 Å². The Balaban J connectivity index is 2.15.